The molecule has 0 aliphatic heterocycles. The van der Waals surface area contributed by atoms with Gasteiger partial charge in [0.05, 0.1) is 11.0 Å². The molecule has 3 nitrogen and oxygen atoms in total. The van der Waals surface area contributed by atoms with Crippen LogP contribution in [-0.2, 0) is 0 Å². The Morgan fingerprint density at radius 2 is 1.20 bits per heavy atom. The fourth-order valence-electron chi connectivity index (χ4n) is 6.17. The lowest BCUT2D eigenvalue weighted by Crippen LogP contribution is -1.97. The van der Waals surface area contributed by atoms with Crippen LogP contribution in [0, 0.1) is 0 Å². The van der Waals surface area contributed by atoms with Crippen LogP contribution >= 0.6 is 0 Å². The highest BCUT2D eigenvalue weighted by molar-refractivity contribution is 6.19. The molecule has 222 valence electrons. The summed E-state index contributed by atoms with van der Waals surface area (Å²) in [5.74, 6) is 0. The van der Waals surface area contributed by atoms with E-state index in [4.69, 9.17) is 11.5 Å². The van der Waals surface area contributed by atoms with Crippen LogP contribution in [0.4, 0.5) is 0 Å². The van der Waals surface area contributed by atoms with Crippen molar-refractivity contribution in [2.75, 3.05) is 0 Å². The molecular weight excluding hydrogens is 558 g/mol. The molecule has 0 saturated carbocycles. The quantitative estimate of drug-likeness (QED) is 0.172. The van der Waals surface area contributed by atoms with Crippen LogP contribution in [0.15, 0.2) is 176 Å². The molecule has 0 atom stereocenters. The predicted octanol–water partition coefficient (Wildman–Crippen LogP) is 10.5. The van der Waals surface area contributed by atoms with Crippen molar-refractivity contribution in [1.82, 2.24) is 4.57 Å². The number of aromatic nitrogens is 1. The van der Waals surface area contributed by atoms with Crippen molar-refractivity contribution in [3.63, 3.8) is 0 Å². The molecule has 4 N–H and O–H groups in total. The second-order valence-electron chi connectivity index (χ2n) is 11.3. The predicted molar refractivity (Wildman–Crippen MR) is 198 cm³/mol. The number of nitrogens with two attached hydrogens (primary N) is 2. The first-order chi connectivity index (χ1) is 22.7. The Balaban J connectivity index is 1.32. The maximum absolute atomic E-state index is 6.52. The van der Waals surface area contributed by atoms with Crippen molar-refractivity contribution in [1.29, 1.82) is 0 Å². The number of para-hydroxylation sites is 1. The van der Waals surface area contributed by atoms with Crippen molar-refractivity contribution in [2.24, 2.45) is 11.5 Å². The lowest BCUT2D eigenvalue weighted by molar-refractivity contribution is 1.19. The molecule has 6 aromatic carbocycles. The summed E-state index contributed by atoms with van der Waals surface area (Å²) in [6.07, 6.45) is 14.2. The van der Waals surface area contributed by atoms with E-state index >= 15 is 0 Å². The largest absolute Gasteiger partial charge is 0.405 e. The van der Waals surface area contributed by atoms with E-state index < -0.39 is 0 Å². The average molecular weight is 594 g/mol. The van der Waals surface area contributed by atoms with Crippen LogP contribution in [-0.4, -0.2) is 4.57 Å². The van der Waals surface area contributed by atoms with Gasteiger partial charge in [-0.2, -0.15) is 0 Å². The summed E-state index contributed by atoms with van der Waals surface area (Å²) in [5, 5.41) is 4.80. The van der Waals surface area contributed by atoms with Crippen molar-refractivity contribution >= 4 is 38.3 Å². The summed E-state index contributed by atoms with van der Waals surface area (Å²) in [4.78, 5) is 0. The molecule has 1 heterocycles. The van der Waals surface area contributed by atoms with Crippen LogP contribution in [0.5, 0.6) is 0 Å². The van der Waals surface area contributed by atoms with Gasteiger partial charge in [0.25, 0.3) is 0 Å². The monoisotopic (exact) mass is 593 g/mol. The molecule has 3 heteroatoms. The molecule has 0 aliphatic rings. The van der Waals surface area contributed by atoms with Crippen LogP contribution in [0.2, 0.25) is 0 Å². The summed E-state index contributed by atoms with van der Waals surface area (Å²) in [5.41, 5.74) is 22.0. The van der Waals surface area contributed by atoms with Gasteiger partial charge in [0.15, 0.2) is 0 Å². The topological polar surface area (TPSA) is 57.0 Å². The normalized spacial score (nSPS) is 12.5. The molecular formula is C43H35N3. The van der Waals surface area contributed by atoms with Gasteiger partial charge in [0.1, 0.15) is 0 Å². The number of rotatable bonds is 8. The lowest BCUT2D eigenvalue weighted by atomic mass is 9.99. The summed E-state index contributed by atoms with van der Waals surface area (Å²) >= 11 is 0. The Kier molecular flexibility index (Phi) is 8.04. The summed E-state index contributed by atoms with van der Waals surface area (Å²) < 4.78 is 2.41. The van der Waals surface area contributed by atoms with Gasteiger partial charge in [0, 0.05) is 27.5 Å². The molecule has 0 aliphatic carbocycles. The number of benzene rings is 6. The molecule has 0 bridgehead atoms. The minimum absolute atomic E-state index is 0.732. The number of hydrogen-bond acceptors (Lipinski definition) is 2. The van der Waals surface area contributed by atoms with Gasteiger partial charge in [-0.1, -0.05) is 133 Å². The smallest absolute Gasteiger partial charge is 0.0619 e. The third-order valence-corrected chi connectivity index (χ3v) is 8.46. The van der Waals surface area contributed by atoms with E-state index in [0.29, 0.717) is 0 Å². The SMILES string of the molecule is N/C=C\C=C\C/C=C\C=C(/N)c1ccc2c(ccc3c4ccc(-c5ccc(-c6ccccc6)cc5)cc4n(-c4ccccc4)c23)c1. The number of fused-ring (bicyclic) bond motifs is 5. The lowest BCUT2D eigenvalue weighted by Gasteiger charge is -2.11. The molecule has 0 spiro atoms. The van der Waals surface area contributed by atoms with E-state index in [-0.39, 0.29) is 0 Å². The molecule has 0 fully saturated rings. The van der Waals surface area contributed by atoms with Gasteiger partial charge in [-0.3, -0.25) is 0 Å². The first kappa shape index (κ1) is 28.7. The zero-order chi connectivity index (χ0) is 31.3. The maximum atomic E-state index is 6.52. The number of allylic oxidation sites excluding steroid dienone is 6. The first-order valence-electron chi connectivity index (χ1n) is 15.6. The molecule has 46 heavy (non-hydrogen) atoms. The van der Waals surface area contributed by atoms with Gasteiger partial charge in [-0.15, -0.1) is 0 Å². The van der Waals surface area contributed by atoms with E-state index in [1.807, 2.05) is 30.4 Å². The van der Waals surface area contributed by atoms with Gasteiger partial charge >= 0.3 is 0 Å². The summed E-state index contributed by atoms with van der Waals surface area (Å²) in [6, 6.07) is 47.8. The highest BCUT2D eigenvalue weighted by Crippen LogP contribution is 2.39. The molecule has 0 saturated heterocycles. The second-order valence-corrected chi connectivity index (χ2v) is 11.3. The Hall–Kier alpha value is -6.06. The summed E-state index contributed by atoms with van der Waals surface area (Å²) in [6.45, 7) is 0. The van der Waals surface area contributed by atoms with Gasteiger partial charge in [0.2, 0.25) is 0 Å². The Bertz CT molecular complexity index is 2270. The van der Waals surface area contributed by atoms with E-state index in [0.717, 1.165) is 28.8 Å². The Morgan fingerprint density at radius 3 is 1.96 bits per heavy atom. The molecule has 7 rings (SSSR count). The molecule has 0 unspecified atom stereocenters. The minimum atomic E-state index is 0.732. The highest BCUT2D eigenvalue weighted by atomic mass is 15.0. The van der Waals surface area contributed by atoms with Crippen LogP contribution in [0.1, 0.15) is 12.0 Å². The highest BCUT2D eigenvalue weighted by Gasteiger charge is 2.16. The van der Waals surface area contributed by atoms with Crippen molar-refractivity contribution < 1.29 is 0 Å². The van der Waals surface area contributed by atoms with Crippen molar-refractivity contribution in [3.05, 3.63) is 182 Å². The molecule has 0 amide bonds. The third-order valence-electron chi connectivity index (χ3n) is 8.46. The zero-order valence-corrected chi connectivity index (χ0v) is 25.6. The minimum Gasteiger partial charge on any atom is -0.405 e. The van der Waals surface area contributed by atoms with Gasteiger partial charge < -0.3 is 16.0 Å². The Morgan fingerprint density at radius 1 is 0.565 bits per heavy atom. The molecule has 7 aromatic rings. The van der Waals surface area contributed by atoms with Crippen LogP contribution < -0.4 is 11.5 Å². The van der Waals surface area contributed by atoms with Crippen LogP contribution in [0.25, 0.3) is 66.2 Å². The van der Waals surface area contributed by atoms with E-state index in [1.165, 1.54) is 55.6 Å². The van der Waals surface area contributed by atoms with Crippen molar-refractivity contribution in [3.8, 4) is 27.9 Å². The zero-order valence-electron chi connectivity index (χ0n) is 25.6. The number of nitrogens with zero attached hydrogens (tertiary/aromatic N) is 1. The van der Waals surface area contributed by atoms with E-state index in [9.17, 15) is 0 Å². The van der Waals surface area contributed by atoms with Gasteiger partial charge in [-0.05, 0) is 82.2 Å². The molecule has 1 aromatic heterocycles. The maximum Gasteiger partial charge on any atom is 0.0619 e. The average Bonchev–Trinajstić information content (AvgIpc) is 3.46. The van der Waals surface area contributed by atoms with Gasteiger partial charge in [-0.25, -0.2) is 0 Å². The standard InChI is InChI=1S/C43H35N3/c44-28-12-4-2-1-3-11-17-41(45)36-24-25-38-35(29-36)23-27-40-39-26-22-34(30-42(39)46(43(38)40)37-15-9-6-10-16-37)33-20-18-32(19-21-33)31-13-7-5-8-14-31/h2-30H,1,44-45H2/b4-2+,11-3-,28-12-,41-17-. The first-order valence-corrected chi connectivity index (χ1v) is 15.6. The fourth-order valence-corrected chi connectivity index (χ4v) is 6.17. The number of hydrogen-bond donors (Lipinski definition) is 2. The third kappa shape index (κ3) is 5.62. The second kappa shape index (κ2) is 12.9. The molecule has 0 radical (unpaired) electrons. The van der Waals surface area contributed by atoms with Crippen LogP contribution in [0.3, 0.4) is 0 Å². The van der Waals surface area contributed by atoms with Crippen molar-refractivity contribution in [2.45, 2.75) is 6.42 Å². The van der Waals surface area contributed by atoms with E-state index in [1.54, 1.807) is 0 Å². The summed E-state index contributed by atoms with van der Waals surface area (Å²) in [7, 11) is 0. The van der Waals surface area contributed by atoms with E-state index in [2.05, 4.69) is 144 Å². The fraction of sp³-hybridized carbons (Fsp3) is 0.0233. The Labute approximate surface area is 269 Å².